The van der Waals surface area contributed by atoms with Crippen molar-refractivity contribution in [1.29, 1.82) is 0 Å². The average Bonchev–Trinajstić information content (AvgIpc) is 2.58. The molecule has 0 N–H and O–H groups in total. The Kier molecular flexibility index (Phi) is 19.6. The van der Waals surface area contributed by atoms with E-state index in [9.17, 15) is 4.79 Å². The molecule has 0 aromatic rings. The molecular weight excluding hydrogens is 296 g/mol. The first-order valence-electron chi connectivity index (χ1n) is 10.7. The molecule has 24 heavy (non-hydrogen) atoms. The zero-order chi connectivity index (χ0) is 17.7. The number of unbranched alkanes of at least 4 members (excludes halogenated alkanes) is 14. The quantitative estimate of drug-likeness (QED) is 0.145. The molecule has 0 aliphatic carbocycles. The van der Waals surface area contributed by atoms with Crippen LogP contribution in [-0.4, -0.2) is 5.97 Å². The molecule has 0 aromatic heterocycles. The van der Waals surface area contributed by atoms with Crippen molar-refractivity contribution < 1.29 is 9.53 Å². The van der Waals surface area contributed by atoms with E-state index in [1.807, 2.05) is 13.0 Å². The van der Waals surface area contributed by atoms with Crippen LogP contribution in [0.25, 0.3) is 0 Å². The van der Waals surface area contributed by atoms with E-state index >= 15 is 0 Å². The number of hydrogen-bond donors (Lipinski definition) is 0. The number of rotatable bonds is 18. The Morgan fingerprint density at radius 1 is 0.667 bits per heavy atom. The maximum absolute atomic E-state index is 11.4. The summed E-state index contributed by atoms with van der Waals surface area (Å²) in [5.74, 6) is -0.0885. The van der Waals surface area contributed by atoms with E-state index in [0.717, 1.165) is 19.3 Å². The third-order valence-corrected chi connectivity index (χ3v) is 4.52. The summed E-state index contributed by atoms with van der Waals surface area (Å²) in [5, 5.41) is 0. The molecule has 0 rings (SSSR count). The van der Waals surface area contributed by atoms with Crippen molar-refractivity contribution in [2.75, 3.05) is 0 Å². The Bertz CT molecular complexity index is 284. The standard InChI is InChI=1S/C22H42O2/c1-3-5-7-8-9-10-11-12-13-14-15-16-17-18-19-20-22(23)24-21-6-4-2/h6,21H,3-5,7-20H2,1-2H3. The number of esters is 1. The van der Waals surface area contributed by atoms with E-state index in [-0.39, 0.29) is 5.97 Å². The molecule has 0 bridgehead atoms. The van der Waals surface area contributed by atoms with E-state index in [4.69, 9.17) is 4.74 Å². The topological polar surface area (TPSA) is 26.3 Å². The maximum atomic E-state index is 11.4. The average molecular weight is 339 g/mol. The number of carbonyl (C=O) groups is 1. The lowest BCUT2D eigenvalue weighted by Crippen LogP contribution is -1.98. The van der Waals surface area contributed by atoms with E-state index < -0.39 is 0 Å². The highest BCUT2D eigenvalue weighted by Gasteiger charge is 2.00. The fourth-order valence-corrected chi connectivity index (χ4v) is 2.92. The van der Waals surface area contributed by atoms with Crippen LogP contribution in [0.2, 0.25) is 0 Å². The number of ether oxygens (including phenoxy) is 1. The van der Waals surface area contributed by atoms with Crippen LogP contribution in [0.5, 0.6) is 0 Å². The highest BCUT2D eigenvalue weighted by molar-refractivity contribution is 5.69. The zero-order valence-corrected chi connectivity index (χ0v) is 16.5. The van der Waals surface area contributed by atoms with E-state index in [2.05, 4.69) is 6.92 Å². The van der Waals surface area contributed by atoms with E-state index in [1.54, 1.807) is 0 Å². The lowest BCUT2D eigenvalue weighted by molar-refractivity contribution is -0.138. The Morgan fingerprint density at radius 3 is 1.50 bits per heavy atom. The first kappa shape index (κ1) is 23.2. The van der Waals surface area contributed by atoms with Crippen molar-refractivity contribution in [3.05, 3.63) is 12.3 Å². The minimum Gasteiger partial charge on any atom is -0.435 e. The molecular formula is C22H42O2. The second-order valence-electron chi connectivity index (χ2n) is 6.97. The van der Waals surface area contributed by atoms with Crippen LogP contribution in [0.4, 0.5) is 0 Å². The van der Waals surface area contributed by atoms with Crippen molar-refractivity contribution in [3.63, 3.8) is 0 Å². The van der Waals surface area contributed by atoms with Gasteiger partial charge in [-0.2, -0.15) is 0 Å². The Balaban J connectivity index is 3.10. The lowest BCUT2D eigenvalue weighted by atomic mass is 10.0. The van der Waals surface area contributed by atoms with Crippen molar-refractivity contribution >= 4 is 5.97 Å². The third-order valence-electron chi connectivity index (χ3n) is 4.52. The highest BCUT2D eigenvalue weighted by Crippen LogP contribution is 2.13. The van der Waals surface area contributed by atoms with Crippen LogP contribution in [0, 0.1) is 0 Å². The van der Waals surface area contributed by atoms with Gasteiger partial charge < -0.3 is 4.74 Å². The van der Waals surface area contributed by atoms with Gasteiger partial charge in [0.25, 0.3) is 0 Å². The number of hydrogen-bond acceptors (Lipinski definition) is 2. The molecule has 0 unspecified atom stereocenters. The molecule has 0 aliphatic heterocycles. The van der Waals surface area contributed by atoms with Crippen LogP contribution < -0.4 is 0 Å². The van der Waals surface area contributed by atoms with Gasteiger partial charge in [0.15, 0.2) is 0 Å². The molecule has 0 radical (unpaired) electrons. The SMILES string of the molecule is CCC=COC(=O)CCCCCCCCCCCCCCCCC. The minimum atomic E-state index is -0.0885. The van der Waals surface area contributed by atoms with Gasteiger partial charge in [-0.05, 0) is 18.9 Å². The number of allylic oxidation sites excluding steroid dienone is 1. The van der Waals surface area contributed by atoms with Crippen LogP contribution in [-0.2, 0) is 9.53 Å². The second kappa shape index (κ2) is 20.3. The molecule has 142 valence electrons. The molecule has 0 amide bonds. The van der Waals surface area contributed by atoms with Gasteiger partial charge in [-0.25, -0.2) is 0 Å². The number of carbonyl (C=O) groups excluding carboxylic acids is 1. The molecule has 0 atom stereocenters. The van der Waals surface area contributed by atoms with E-state index in [1.165, 1.54) is 89.7 Å². The molecule has 0 aliphatic rings. The van der Waals surface area contributed by atoms with Gasteiger partial charge in [0.05, 0.1) is 6.26 Å². The van der Waals surface area contributed by atoms with Gasteiger partial charge in [-0.3, -0.25) is 4.79 Å². The largest absolute Gasteiger partial charge is 0.435 e. The van der Waals surface area contributed by atoms with Crippen LogP contribution in [0.3, 0.4) is 0 Å². The van der Waals surface area contributed by atoms with Crippen molar-refractivity contribution in [1.82, 2.24) is 0 Å². The normalized spacial score (nSPS) is 11.2. The fraction of sp³-hybridized carbons (Fsp3) is 0.864. The smallest absolute Gasteiger partial charge is 0.310 e. The Hall–Kier alpha value is -0.790. The molecule has 0 spiro atoms. The predicted molar refractivity (Wildman–Crippen MR) is 105 cm³/mol. The van der Waals surface area contributed by atoms with Crippen molar-refractivity contribution in [2.45, 2.75) is 123 Å². The zero-order valence-electron chi connectivity index (χ0n) is 16.5. The van der Waals surface area contributed by atoms with Gasteiger partial charge in [0, 0.05) is 6.42 Å². The van der Waals surface area contributed by atoms with Gasteiger partial charge in [0.2, 0.25) is 0 Å². The van der Waals surface area contributed by atoms with Gasteiger partial charge in [-0.15, -0.1) is 0 Å². The lowest BCUT2D eigenvalue weighted by Gasteiger charge is -2.03. The maximum Gasteiger partial charge on any atom is 0.310 e. The van der Waals surface area contributed by atoms with Crippen molar-refractivity contribution in [2.24, 2.45) is 0 Å². The molecule has 0 heterocycles. The summed E-state index contributed by atoms with van der Waals surface area (Å²) in [7, 11) is 0. The molecule has 2 nitrogen and oxygen atoms in total. The van der Waals surface area contributed by atoms with Crippen LogP contribution >= 0.6 is 0 Å². The van der Waals surface area contributed by atoms with Crippen LogP contribution in [0.1, 0.15) is 123 Å². The summed E-state index contributed by atoms with van der Waals surface area (Å²) in [6, 6.07) is 0. The summed E-state index contributed by atoms with van der Waals surface area (Å²) in [4.78, 5) is 11.4. The van der Waals surface area contributed by atoms with E-state index in [0.29, 0.717) is 6.42 Å². The first-order valence-corrected chi connectivity index (χ1v) is 10.7. The Morgan fingerprint density at radius 2 is 1.08 bits per heavy atom. The van der Waals surface area contributed by atoms with Crippen molar-refractivity contribution in [3.8, 4) is 0 Å². The molecule has 2 heteroatoms. The first-order chi connectivity index (χ1) is 11.8. The van der Waals surface area contributed by atoms with Crippen LogP contribution in [0.15, 0.2) is 12.3 Å². The second-order valence-corrected chi connectivity index (χ2v) is 6.97. The highest BCUT2D eigenvalue weighted by atomic mass is 16.5. The van der Waals surface area contributed by atoms with Gasteiger partial charge in [0.1, 0.15) is 0 Å². The van der Waals surface area contributed by atoms with Gasteiger partial charge in [-0.1, -0.05) is 104 Å². The Labute approximate surface area is 151 Å². The molecule has 0 aromatic carbocycles. The fourth-order valence-electron chi connectivity index (χ4n) is 2.92. The predicted octanol–water partition coefficient (Wildman–Crippen LogP) is 7.71. The molecule has 0 saturated heterocycles. The summed E-state index contributed by atoms with van der Waals surface area (Å²) in [5.41, 5.74) is 0. The monoisotopic (exact) mass is 338 g/mol. The molecule has 0 fully saturated rings. The summed E-state index contributed by atoms with van der Waals surface area (Å²) < 4.78 is 4.98. The minimum absolute atomic E-state index is 0.0885. The third kappa shape index (κ3) is 19.3. The van der Waals surface area contributed by atoms with Gasteiger partial charge >= 0.3 is 5.97 Å². The summed E-state index contributed by atoms with van der Waals surface area (Å²) in [6.45, 7) is 4.30. The molecule has 0 saturated carbocycles. The summed E-state index contributed by atoms with van der Waals surface area (Å²) in [6.07, 6.45) is 25.1. The summed E-state index contributed by atoms with van der Waals surface area (Å²) >= 11 is 0.